The lowest BCUT2D eigenvalue weighted by Gasteiger charge is -2.36. The van der Waals surface area contributed by atoms with Gasteiger partial charge in [0.05, 0.1) is 11.2 Å². The molecule has 4 aromatic carbocycles. The van der Waals surface area contributed by atoms with Gasteiger partial charge < -0.3 is 9.31 Å². The number of fused-ring (bicyclic) bond motifs is 10. The normalized spacial score (nSPS) is 20.5. The molecule has 7 rings (SSSR count). The molecular weight excluding hydrogens is 435 g/mol. The zero-order valence-corrected chi connectivity index (χ0v) is 20.8. The summed E-state index contributed by atoms with van der Waals surface area (Å²) in [4.78, 5) is 5.76. The zero-order valence-electron chi connectivity index (χ0n) is 20.0. The average molecular weight is 462 g/mol. The Bertz CT molecular complexity index is 1430. The third-order valence-corrected chi connectivity index (χ3v) is 12.2. The molecule has 34 heavy (non-hydrogen) atoms. The maximum atomic E-state index is 6.41. The first-order valence-corrected chi connectivity index (χ1v) is 13.6. The van der Waals surface area contributed by atoms with Crippen molar-refractivity contribution in [2.24, 2.45) is 0 Å². The van der Waals surface area contributed by atoms with Gasteiger partial charge in [0.1, 0.15) is 0 Å². The van der Waals surface area contributed by atoms with Gasteiger partial charge in [-0.05, 0) is 79.7 Å². The minimum Gasteiger partial charge on any atom is -0.399 e. The van der Waals surface area contributed by atoms with Crippen molar-refractivity contribution in [1.29, 1.82) is 0 Å². The Morgan fingerprint density at radius 1 is 0.529 bits per heavy atom. The van der Waals surface area contributed by atoms with Crippen LogP contribution in [0.25, 0.3) is 22.3 Å². The fourth-order valence-electron chi connectivity index (χ4n) is 5.73. The van der Waals surface area contributed by atoms with Gasteiger partial charge in [-0.2, -0.15) is 0 Å². The topological polar surface area (TPSA) is 18.5 Å². The van der Waals surface area contributed by atoms with E-state index in [0.29, 0.717) is 0 Å². The molecule has 0 bridgehead atoms. The first-order chi connectivity index (χ1) is 16.3. The molecule has 3 aliphatic rings. The minimum absolute atomic E-state index is 0.357. The van der Waals surface area contributed by atoms with Gasteiger partial charge in [0, 0.05) is 19.6 Å². The van der Waals surface area contributed by atoms with Crippen molar-refractivity contribution in [3.63, 3.8) is 0 Å². The van der Waals surface area contributed by atoms with E-state index in [0.717, 1.165) is 5.46 Å². The van der Waals surface area contributed by atoms with E-state index in [9.17, 15) is 0 Å². The highest BCUT2D eigenvalue weighted by Crippen LogP contribution is 2.84. The van der Waals surface area contributed by atoms with E-state index in [4.69, 9.17) is 9.31 Å². The van der Waals surface area contributed by atoms with Crippen molar-refractivity contribution in [1.82, 2.24) is 0 Å². The first kappa shape index (κ1) is 20.6. The van der Waals surface area contributed by atoms with Crippen LogP contribution in [0.2, 0.25) is 0 Å². The number of rotatable bonds is 1. The van der Waals surface area contributed by atoms with E-state index >= 15 is 0 Å². The zero-order chi connectivity index (χ0) is 23.3. The lowest BCUT2D eigenvalue weighted by molar-refractivity contribution is 0.00578. The summed E-state index contributed by atoms with van der Waals surface area (Å²) in [6.45, 7) is 8.45. The summed E-state index contributed by atoms with van der Waals surface area (Å²) in [6, 6.07) is 33.9. The van der Waals surface area contributed by atoms with Crippen molar-refractivity contribution in [2.45, 2.75) is 58.5 Å². The highest BCUT2D eigenvalue weighted by atomic mass is 32.3. The summed E-state index contributed by atoms with van der Waals surface area (Å²) in [5, 5.41) is 0. The van der Waals surface area contributed by atoms with E-state index in [-0.39, 0.29) is 18.3 Å². The van der Waals surface area contributed by atoms with Crippen LogP contribution >= 0.6 is 10.0 Å². The Morgan fingerprint density at radius 2 is 0.941 bits per heavy atom. The molecule has 3 heterocycles. The molecule has 1 fully saturated rings. The second kappa shape index (κ2) is 6.66. The standard InChI is InChI=1S/C30H27BO2S/c1-29(2)30(3,4)33-31(32-29)20-17-18-28-24(19-20)23-13-7-10-16-27(23)34(28)25-14-8-5-11-21(25)22-12-6-9-15-26(22)34/h5-19H,1-4H3. The Labute approximate surface area is 203 Å². The molecule has 0 aromatic heterocycles. The number of benzene rings is 4. The second-order valence-corrected chi connectivity index (χ2v) is 13.4. The van der Waals surface area contributed by atoms with Gasteiger partial charge in [0.2, 0.25) is 0 Å². The lowest BCUT2D eigenvalue weighted by atomic mass is 9.78. The molecule has 168 valence electrons. The Kier molecular flexibility index (Phi) is 4.03. The molecule has 0 aliphatic carbocycles. The van der Waals surface area contributed by atoms with E-state index in [1.165, 1.54) is 41.8 Å². The van der Waals surface area contributed by atoms with Gasteiger partial charge in [0.15, 0.2) is 0 Å². The maximum absolute atomic E-state index is 6.41. The summed E-state index contributed by atoms with van der Waals surface area (Å²) >= 11 is 0. The molecule has 3 aliphatic heterocycles. The largest absolute Gasteiger partial charge is 0.494 e. The van der Waals surface area contributed by atoms with Crippen molar-refractivity contribution in [2.75, 3.05) is 0 Å². The highest BCUT2D eigenvalue weighted by molar-refractivity contribution is 8.34. The van der Waals surface area contributed by atoms with Crippen LogP contribution < -0.4 is 5.46 Å². The third-order valence-electron chi connectivity index (χ3n) is 8.09. The van der Waals surface area contributed by atoms with Crippen LogP contribution in [0, 0.1) is 0 Å². The van der Waals surface area contributed by atoms with Crippen LogP contribution in [0.5, 0.6) is 0 Å². The maximum Gasteiger partial charge on any atom is 0.494 e. The van der Waals surface area contributed by atoms with Crippen LogP contribution in [0.4, 0.5) is 0 Å². The summed E-state index contributed by atoms with van der Waals surface area (Å²) < 4.78 is 12.8. The van der Waals surface area contributed by atoms with Crippen molar-refractivity contribution >= 4 is 22.6 Å². The van der Waals surface area contributed by atoms with Gasteiger partial charge in [-0.25, -0.2) is 0 Å². The summed E-state index contributed by atoms with van der Waals surface area (Å²) in [5.74, 6) is 0. The average Bonchev–Trinajstić information content (AvgIpc) is 3.39. The smallest absolute Gasteiger partial charge is 0.399 e. The van der Waals surface area contributed by atoms with Gasteiger partial charge >= 0.3 is 7.12 Å². The molecule has 1 spiro atoms. The van der Waals surface area contributed by atoms with E-state index in [1.54, 1.807) is 0 Å². The molecule has 0 N–H and O–H groups in total. The molecule has 1 saturated heterocycles. The van der Waals surface area contributed by atoms with Crippen molar-refractivity contribution in [3.8, 4) is 22.3 Å². The molecule has 0 unspecified atom stereocenters. The number of hydrogen-bond donors (Lipinski definition) is 0. The van der Waals surface area contributed by atoms with Crippen LogP contribution in [-0.2, 0) is 9.31 Å². The first-order valence-electron chi connectivity index (χ1n) is 12.0. The predicted molar refractivity (Wildman–Crippen MR) is 140 cm³/mol. The molecular formula is C30H27BO2S. The molecule has 0 amide bonds. The SMILES string of the molecule is CC1(C)OB(c2ccc3c(c2)-c2ccccc2S32c3ccccc3-c3ccccc32)OC1(C)C. The Balaban J connectivity index is 1.50. The van der Waals surface area contributed by atoms with E-state index in [2.05, 4.69) is 119 Å². The fraction of sp³-hybridized carbons (Fsp3) is 0.200. The van der Waals surface area contributed by atoms with Crippen LogP contribution in [0.15, 0.2) is 111 Å². The van der Waals surface area contributed by atoms with Crippen LogP contribution in [0.3, 0.4) is 0 Å². The highest BCUT2D eigenvalue weighted by Gasteiger charge is 2.53. The van der Waals surface area contributed by atoms with Crippen molar-refractivity contribution in [3.05, 3.63) is 91.0 Å². The quantitative estimate of drug-likeness (QED) is 0.239. The van der Waals surface area contributed by atoms with Crippen LogP contribution in [0.1, 0.15) is 27.7 Å². The fourth-order valence-corrected chi connectivity index (χ4v) is 10.3. The van der Waals surface area contributed by atoms with Crippen LogP contribution in [-0.4, -0.2) is 18.3 Å². The predicted octanol–water partition coefficient (Wildman–Crippen LogP) is 7.29. The van der Waals surface area contributed by atoms with E-state index < -0.39 is 10.0 Å². The third kappa shape index (κ3) is 2.41. The van der Waals surface area contributed by atoms with Gasteiger partial charge in [-0.1, -0.05) is 66.7 Å². The second-order valence-electron chi connectivity index (χ2n) is 10.4. The molecule has 2 nitrogen and oxygen atoms in total. The summed E-state index contributed by atoms with van der Waals surface area (Å²) in [7, 11) is -1.89. The monoisotopic (exact) mass is 462 g/mol. The number of hydrogen-bond acceptors (Lipinski definition) is 2. The van der Waals surface area contributed by atoms with Gasteiger partial charge in [-0.15, -0.1) is 10.0 Å². The summed E-state index contributed by atoms with van der Waals surface area (Å²) in [5.41, 5.74) is 5.75. The summed E-state index contributed by atoms with van der Waals surface area (Å²) in [6.07, 6.45) is 0. The molecule has 4 heteroatoms. The van der Waals surface area contributed by atoms with Crippen molar-refractivity contribution < 1.29 is 9.31 Å². The lowest BCUT2D eigenvalue weighted by Crippen LogP contribution is -2.41. The van der Waals surface area contributed by atoms with E-state index in [1.807, 2.05) is 0 Å². The Morgan fingerprint density at radius 3 is 1.44 bits per heavy atom. The molecule has 0 radical (unpaired) electrons. The van der Waals surface area contributed by atoms with Gasteiger partial charge in [0.25, 0.3) is 0 Å². The minimum atomic E-state index is -1.53. The molecule has 0 saturated carbocycles. The molecule has 0 atom stereocenters. The Hall–Kier alpha value is -2.79. The van der Waals surface area contributed by atoms with Gasteiger partial charge in [-0.3, -0.25) is 0 Å². The molecule has 4 aromatic rings.